The molecule has 0 unspecified atom stereocenters. The summed E-state index contributed by atoms with van der Waals surface area (Å²) < 4.78 is 10.7. The molecule has 0 saturated carbocycles. The summed E-state index contributed by atoms with van der Waals surface area (Å²) in [6.45, 7) is 2.17. The zero-order chi connectivity index (χ0) is 19.7. The van der Waals surface area contributed by atoms with Crippen LogP contribution in [0.1, 0.15) is 32.1 Å². The number of rotatable bonds is 6. The zero-order valence-corrected chi connectivity index (χ0v) is 16.0. The Bertz CT molecular complexity index is 1010. The molecule has 0 aliphatic carbocycles. The number of hydrogen-bond donors (Lipinski definition) is 4. The minimum atomic E-state index is -0.422. The van der Waals surface area contributed by atoms with E-state index in [4.69, 9.17) is 15.2 Å². The first-order valence-corrected chi connectivity index (χ1v) is 9.57. The van der Waals surface area contributed by atoms with E-state index in [1.54, 1.807) is 6.07 Å². The van der Waals surface area contributed by atoms with Crippen LogP contribution < -0.4 is 20.5 Å². The average Bonchev–Trinajstić information content (AvgIpc) is 3.44. The number of thiazole rings is 1. The maximum atomic E-state index is 12.7. The van der Waals surface area contributed by atoms with Crippen molar-refractivity contribution in [3.63, 3.8) is 0 Å². The number of nitrogens with one attached hydrogen (secondary N) is 2. The summed E-state index contributed by atoms with van der Waals surface area (Å²) >= 11 is 1.35. The Labute approximate surface area is 165 Å². The van der Waals surface area contributed by atoms with Crippen LogP contribution in [0.4, 0.5) is 0 Å². The van der Waals surface area contributed by atoms with Crippen LogP contribution in [0.25, 0.3) is 11.3 Å². The standard InChI is InChI=1S/C19H20N4O4S/c1-10-17(8-24)28-19(21-10)14(7-20)23-18(25)13-4-3-12(22-13)11-2-5-15-16(6-11)27-9-26-15/h2-6,14,22,24H,7-9,20H2,1H3,(H,23,25)/t14-/m0/s1. The van der Waals surface area contributed by atoms with E-state index in [9.17, 15) is 9.90 Å². The van der Waals surface area contributed by atoms with Crippen molar-refractivity contribution in [2.45, 2.75) is 19.6 Å². The third-order valence-corrected chi connectivity index (χ3v) is 5.76. The number of fused-ring (bicyclic) bond motifs is 1. The fourth-order valence-corrected chi connectivity index (χ4v) is 3.95. The van der Waals surface area contributed by atoms with Gasteiger partial charge in [-0.3, -0.25) is 4.79 Å². The number of H-pyrrole nitrogens is 1. The van der Waals surface area contributed by atoms with Crippen LogP contribution in [0.5, 0.6) is 11.5 Å². The van der Waals surface area contributed by atoms with Crippen LogP contribution in [-0.2, 0) is 6.61 Å². The monoisotopic (exact) mass is 400 g/mol. The smallest absolute Gasteiger partial charge is 0.268 e. The highest BCUT2D eigenvalue weighted by atomic mass is 32.1. The number of nitrogens with zero attached hydrogens (tertiary/aromatic N) is 1. The van der Waals surface area contributed by atoms with Crippen LogP contribution in [0.2, 0.25) is 0 Å². The van der Waals surface area contributed by atoms with Crippen molar-refractivity contribution in [1.82, 2.24) is 15.3 Å². The number of amides is 1. The number of benzene rings is 1. The summed E-state index contributed by atoms with van der Waals surface area (Å²) in [5.41, 5.74) is 8.68. The van der Waals surface area contributed by atoms with Crippen LogP contribution in [0.3, 0.4) is 0 Å². The van der Waals surface area contributed by atoms with Gasteiger partial charge in [-0.2, -0.15) is 0 Å². The number of ether oxygens (including phenoxy) is 2. The molecule has 146 valence electrons. The Morgan fingerprint density at radius 3 is 2.93 bits per heavy atom. The molecule has 3 heterocycles. The first-order chi connectivity index (χ1) is 13.6. The second-order valence-electron chi connectivity index (χ2n) is 6.33. The molecule has 3 aromatic rings. The lowest BCUT2D eigenvalue weighted by Gasteiger charge is -2.13. The van der Waals surface area contributed by atoms with Gasteiger partial charge < -0.3 is 30.6 Å². The number of carbonyl (C=O) groups excluding carboxylic acids is 1. The molecule has 0 bridgehead atoms. The van der Waals surface area contributed by atoms with Crippen molar-refractivity contribution in [1.29, 1.82) is 0 Å². The van der Waals surface area contributed by atoms with Crippen molar-refractivity contribution >= 4 is 17.2 Å². The molecule has 0 saturated heterocycles. The van der Waals surface area contributed by atoms with Gasteiger partial charge in [0.15, 0.2) is 11.5 Å². The van der Waals surface area contributed by atoms with Crippen LogP contribution in [-0.4, -0.2) is 34.3 Å². The molecule has 0 radical (unpaired) electrons. The largest absolute Gasteiger partial charge is 0.454 e. The summed E-state index contributed by atoms with van der Waals surface area (Å²) in [4.78, 5) is 21.0. The number of aromatic amines is 1. The van der Waals surface area contributed by atoms with Crippen LogP contribution in [0.15, 0.2) is 30.3 Å². The van der Waals surface area contributed by atoms with Crippen molar-refractivity contribution in [2.24, 2.45) is 5.73 Å². The van der Waals surface area contributed by atoms with Gasteiger partial charge in [0.05, 0.1) is 23.2 Å². The minimum absolute atomic E-state index is 0.0791. The highest BCUT2D eigenvalue weighted by molar-refractivity contribution is 7.11. The molecule has 0 spiro atoms. The highest BCUT2D eigenvalue weighted by Crippen LogP contribution is 2.35. The van der Waals surface area contributed by atoms with Gasteiger partial charge >= 0.3 is 0 Å². The Morgan fingerprint density at radius 2 is 2.18 bits per heavy atom. The van der Waals surface area contributed by atoms with E-state index in [2.05, 4.69) is 15.3 Å². The maximum Gasteiger partial charge on any atom is 0.268 e. The Balaban J connectivity index is 1.50. The predicted molar refractivity (Wildman–Crippen MR) is 104 cm³/mol. The molecule has 4 rings (SSSR count). The molecular weight excluding hydrogens is 380 g/mol. The van der Waals surface area contributed by atoms with Crippen molar-refractivity contribution in [2.75, 3.05) is 13.3 Å². The van der Waals surface area contributed by atoms with E-state index in [-0.39, 0.29) is 25.9 Å². The number of aliphatic hydroxyl groups excluding tert-OH is 1. The summed E-state index contributed by atoms with van der Waals surface area (Å²) in [6.07, 6.45) is 0. The predicted octanol–water partition coefficient (Wildman–Crippen LogP) is 2.10. The van der Waals surface area contributed by atoms with Crippen molar-refractivity contribution < 1.29 is 19.4 Å². The third-order valence-electron chi connectivity index (χ3n) is 4.51. The minimum Gasteiger partial charge on any atom is -0.454 e. The Hall–Kier alpha value is -2.88. The first kappa shape index (κ1) is 18.5. The summed E-state index contributed by atoms with van der Waals surface area (Å²) in [5.74, 6) is 1.11. The molecule has 28 heavy (non-hydrogen) atoms. The van der Waals surface area contributed by atoms with Gasteiger partial charge in [0, 0.05) is 17.8 Å². The second kappa shape index (κ2) is 7.63. The number of carbonyl (C=O) groups is 1. The molecule has 0 fully saturated rings. The average molecular weight is 400 g/mol. The van der Waals surface area contributed by atoms with Gasteiger partial charge in [0.2, 0.25) is 6.79 Å². The van der Waals surface area contributed by atoms with Gasteiger partial charge in [0.1, 0.15) is 10.7 Å². The molecule has 1 aliphatic rings. The van der Waals surface area contributed by atoms with E-state index in [1.165, 1.54) is 11.3 Å². The summed E-state index contributed by atoms with van der Waals surface area (Å²) in [7, 11) is 0. The fraction of sp³-hybridized carbons (Fsp3) is 0.263. The number of nitrogens with two attached hydrogens (primary N) is 1. The van der Waals surface area contributed by atoms with Gasteiger partial charge in [-0.15, -0.1) is 11.3 Å². The number of aliphatic hydroxyl groups is 1. The Morgan fingerprint density at radius 1 is 1.36 bits per heavy atom. The maximum absolute atomic E-state index is 12.7. The summed E-state index contributed by atoms with van der Waals surface area (Å²) in [6, 6.07) is 8.74. The topological polar surface area (TPSA) is 122 Å². The van der Waals surface area contributed by atoms with Crippen LogP contribution in [0, 0.1) is 6.92 Å². The van der Waals surface area contributed by atoms with Gasteiger partial charge in [-0.25, -0.2) is 4.98 Å². The quantitative estimate of drug-likeness (QED) is 0.503. The van der Waals surface area contributed by atoms with Gasteiger partial charge in [-0.05, 0) is 37.3 Å². The Kier molecular flexibility index (Phi) is 5.03. The molecule has 2 aromatic heterocycles. The molecule has 1 aliphatic heterocycles. The number of aromatic nitrogens is 2. The highest BCUT2D eigenvalue weighted by Gasteiger charge is 2.21. The van der Waals surface area contributed by atoms with Gasteiger partial charge in [0.25, 0.3) is 5.91 Å². The molecule has 8 nitrogen and oxygen atoms in total. The van der Waals surface area contributed by atoms with Crippen LogP contribution >= 0.6 is 11.3 Å². The molecule has 1 atom stereocenters. The molecule has 1 aromatic carbocycles. The molecule has 5 N–H and O–H groups in total. The number of aryl methyl sites for hydroxylation is 1. The first-order valence-electron chi connectivity index (χ1n) is 8.76. The third kappa shape index (κ3) is 3.47. The summed E-state index contributed by atoms with van der Waals surface area (Å²) in [5, 5.41) is 12.9. The molecule has 9 heteroatoms. The van der Waals surface area contributed by atoms with Gasteiger partial charge in [-0.1, -0.05) is 0 Å². The van der Waals surface area contributed by atoms with E-state index in [0.29, 0.717) is 22.2 Å². The van der Waals surface area contributed by atoms with E-state index < -0.39 is 6.04 Å². The lowest BCUT2D eigenvalue weighted by Crippen LogP contribution is -2.33. The normalized spacial score (nSPS) is 13.5. The van der Waals surface area contributed by atoms with E-state index in [1.807, 2.05) is 31.2 Å². The van der Waals surface area contributed by atoms with E-state index in [0.717, 1.165) is 21.8 Å². The molecule has 1 amide bonds. The SMILES string of the molecule is Cc1nc([C@H](CN)NC(=O)c2ccc(-c3ccc4c(c3)OCO4)[nH]2)sc1CO. The van der Waals surface area contributed by atoms with E-state index >= 15 is 0 Å². The second-order valence-corrected chi connectivity index (χ2v) is 7.45. The fourth-order valence-electron chi connectivity index (χ4n) is 2.96. The van der Waals surface area contributed by atoms with Crippen molar-refractivity contribution in [3.05, 3.63) is 51.6 Å². The lowest BCUT2D eigenvalue weighted by molar-refractivity contribution is 0.0933. The number of hydrogen-bond acceptors (Lipinski definition) is 7. The van der Waals surface area contributed by atoms with Crippen molar-refractivity contribution in [3.8, 4) is 22.8 Å². The molecular formula is C19H20N4O4S. The lowest BCUT2D eigenvalue weighted by atomic mass is 10.1. The zero-order valence-electron chi connectivity index (χ0n) is 15.2.